The Labute approximate surface area is 252 Å². The van der Waals surface area contributed by atoms with Crippen molar-refractivity contribution in [3.8, 4) is 0 Å². The molecule has 240 valence electrons. The Balaban J connectivity index is 1.72. The van der Waals surface area contributed by atoms with Crippen molar-refractivity contribution in [2.24, 2.45) is 27.6 Å². The maximum absolute atomic E-state index is 12.6. The maximum Gasteiger partial charge on any atom is 0.407 e. The monoisotopic (exact) mass is 593 g/mol. The summed E-state index contributed by atoms with van der Waals surface area (Å²) in [7, 11) is 0. The fourth-order valence-corrected chi connectivity index (χ4v) is 7.74. The Morgan fingerprint density at radius 3 is 1.90 bits per heavy atom. The van der Waals surface area contributed by atoms with E-state index in [0.29, 0.717) is 25.4 Å². The molecule has 2 rings (SSSR count). The fraction of sp³-hybridized carbons (Fsp3) is 0.812. The Morgan fingerprint density at radius 1 is 0.738 bits per heavy atom. The zero-order valence-corrected chi connectivity index (χ0v) is 27.2. The number of hydrogen-bond acceptors (Lipinski definition) is 7. The van der Waals surface area contributed by atoms with E-state index in [1.165, 1.54) is 6.42 Å². The van der Waals surface area contributed by atoms with E-state index in [1.54, 1.807) is 6.92 Å². The number of carbonyl (C=O) groups excluding carboxylic acids is 4. The van der Waals surface area contributed by atoms with E-state index in [-0.39, 0.29) is 65.4 Å². The minimum absolute atomic E-state index is 0.0101. The van der Waals surface area contributed by atoms with E-state index < -0.39 is 18.2 Å². The first-order chi connectivity index (χ1) is 19.3. The van der Waals surface area contributed by atoms with Crippen molar-refractivity contribution in [1.82, 2.24) is 16.0 Å². The van der Waals surface area contributed by atoms with Crippen molar-refractivity contribution in [3.63, 3.8) is 0 Å². The molecular formula is C32H55N3O7. The molecule has 4 atom stereocenters. The Morgan fingerprint density at radius 2 is 1.29 bits per heavy atom. The molecule has 0 radical (unpaired) electrons. The van der Waals surface area contributed by atoms with Crippen molar-refractivity contribution in [1.29, 1.82) is 0 Å². The average molecular weight is 594 g/mol. The highest BCUT2D eigenvalue weighted by Crippen LogP contribution is 2.48. The number of esters is 1. The zero-order chi connectivity index (χ0) is 31.8. The van der Waals surface area contributed by atoms with E-state index >= 15 is 0 Å². The summed E-state index contributed by atoms with van der Waals surface area (Å²) in [6.45, 7) is 21.4. The Hall–Kier alpha value is -2.78. The molecule has 10 nitrogen and oxygen atoms in total. The fourth-order valence-electron chi connectivity index (χ4n) is 7.74. The molecule has 4 unspecified atom stereocenters. The van der Waals surface area contributed by atoms with Crippen LogP contribution in [0.1, 0.15) is 100 Å². The lowest BCUT2D eigenvalue weighted by molar-refractivity contribution is -0.140. The van der Waals surface area contributed by atoms with Crippen LogP contribution >= 0.6 is 0 Å². The van der Waals surface area contributed by atoms with Crippen LogP contribution in [-0.2, 0) is 23.8 Å². The summed E-state index contributed by atoms with van der Waals surface area (Å²) in [5, 5.41) is 8.82. The third-order valence-corrected chi connectivity index (χ3v) is 8.25. The second kappa shape index (κ2) is 14.6. The quantitative estimate of drug-likeness (QED) is 0.118. The molecule has 0 aromatic rings. The molecule has 3 amide bonds. The topological polar surface area (TPSA) is 132 Å². The predicted octanol–water partition coefficient (Wildman–Crippen LogP) is 5.50. The van der Waals surface area contributed by atoms with Crippen LogP contribution in [0.5, 0.6) is 0 Å². The second-order valence-corrected chi connectivity index (χ2v) is 15.1. The Kier molecular flexibility index (Phi) is 12.3. The summed E-state index contributed by atoms with van der Waals surface area (Å²) in [6, 6.07) is -0.132. The van der Waals surface area contributed by atoms with Gasteiger partial charge in [0.05, 0.1) is 6.42 Å². The van der Waals surface area contributed by atoms with E-state index in [4.69, 9.17) is 14.2 Å². The lowest BCUT2D eigenvalue weighted by Crippen LogP contribution is -2.50. The molecule has 0 heterocycles. The van der Waals surface area contributed by atoms with Gasteiger partial charge in [-0.05, 0) is 73.0 Å². The van der Waals surface area contributed by atoms with Gasteiger partial charge < -0.3 is 30.2 Å². The molecule has 0 aromatic heterocycles. The summed E-state index contributed by atoms with van der Waals surface area (Å²) in [5.41, 5.74) is 0.263. The van der Waals surface area contributed by atoms with Gasteiger partial charge in [0.25, 0.3) is 0 Å². The van der Waals surface area contributed by atoms with E-state index in [1.807, 2.05) is 0 Å². The third-order valence-electron chi connectivity index (χ3n) is 8.25. The number of carbonyl (C=O) groups is 4. The van der Waals surface area contributed by atoms with Gasteiger partial charge in [0, 0.05) is 24.7 Å². The molecule has 0 saturated heterocycles. The van der Waals surface area contributed by atoms with Crippen LogP contribution in [0.25, 0.3) is 0 Å². The molecule has 2 aliphatic carbocycles. The maximum atomic E-state index is 12.6. The molecule has 2 saturated carbocycles. The number of ether oxygens (including phenoxy) is 3. The molecule has 0 aliphatic heterocycles. The normalized spacial score (nSPS) is 28.1. The average Bonchev–Trinajstić information content (AvgIpc) is 2.81. The summed E-state index contributed by atoms with van der Waals surface area (Å²) >= 11 is 0. The molecule has 0 bridgehead atoms. The number of nitrogens with one attached hydrogen (secondary N) is 3. The van der Waals surface area contributed by atoms with Crippen molar-refractivity contribution >= 4 is 24.1 Å². The molecule has 10 heteroatoms. The highest BCUT2D eigenvalue weighted by atomic mass is 16.6. The minimum Gasteiger partial charge on any atom is -0.459 e. The zero-order valence-electron chi connectivity index (χ0n) is 27.2. The summed E-state index contributed by atoms with van der Waals surface area (Å²) in [6.07, 6.45) is 4.65. The van der Waals surface area contributed by atoms with Crippen molar-refractivity contribution in [2.75, 3.05) is 32.9 Å². The van der Waals surface area contributed by atoms with E-state index in [0.717, 1.165) is 25.7 Å². The van der Waals surface area contributed by atoms with Gasteiger partial charge in [0.2, 0.25) is 5.91 Å². The summed E-state index contributed by atoms with van der Waals surface area (Å²) in [5.74, 6) is -0.0964. The largest absolute Gasteiger partial charge is 0.459 e. The lowest BCUT2D eigenvalue weighted by Gasteiger charge is -2.46. The first kappa shape index (κ1) is 35.4. The van der Waals surface area contributed by atoms with Gasteiger partial charge >= 0.3 is 18.2 Å². The molecule has 2 aliphatic rings. The molecule has 3 N–H and O–H groups in total. The Bertz CT molecular complexity index is 995. The van der Waals surface area contributed by atoms with Crippen LogP contribution < -0.4 is 16.0 Å². The lowest BCUT2D eigenvalue weighted by atomic mass is 9.61. The van der Waals surface area contributed by atoms with Crippen LogP contribution in [0.2, 0.25) is 0 Å². The van der Waals surface area contributed by atoms with Crippen LogP contribution in [0, 0.1) is 27.6 Å². The third kappa shape index (κ3) is 12.6. The number of amides is 3. The molecule has 0 aromatic carbocycles. The van der Waals surface area contributed by atoms with E-state index in [9.17, 15) is 19.2 Å². The molecule has 42 heavy (non-hydrogen) atoms. The van der Waals surface area contributed by atoms with Crippen LogP contribution in [0.3, 0.4) is 0 Å². The first-order valence-electron chi connectivity index (χ1n) is 15.2. The first-order valence-corrected chi connectivity index (χ1v) is 15.2. The van der Waals surface area contributed by atoms with E-state index in [2.05, 4.69) is 71.0 Å². The van der Waals surface area contributed by atoms with Crippen LogP contribution in [0.4, 0.5) is 9.59 Å². The summed E-state index contributed by atoms with van der Waals surface area (Å²) in [4.78, 5) is 48.7. The number of rotatable bonds is 12. The highest BCUT2D eigenvalue weighted by Gasteiger charge is 2.42. The second-order valence-electron chi connectivity index (χ2n) is 15.1. The molecule has 0 spiro atoms. The van der Waals surface area contributed by atoms with Crippen LogP contribution in [-0.4, -0.2) is 63.0 Å². The SMILES string of the molecule is C=C(C)C(=O)OCCOC(=O)NC1CC(C)(C)CC(C)(CNC(=O)CCOC(=O)NCC2(C)CC(C)CC(C)(C)C2)C1. The number of alkyl carbamates (subject to hydrolysis) is 2. The standard InChI is InChI=1S/C32H55N3O7/c1-22(2)26(37)40-12-13-42-28(39)35-24-16-30(6,7)19-32(9,17-24)20-33-25(36)10-11-41-27(38)34-21-31(8)15-23(3)14-29(4,5)18-31/h23-24H,1,10-21H2,2-9H3,(H,33,36)(H,34,38)(H,35,39). The van der Waals surface area contributed by atoms with Gasteiger partial charge in [-0.3, -0.25) is 4.79 Å². The van der Waals surface area contributed by atoms with Crippen molar-refractivity contribution < 1.29 is 33.4 Å². The van der Waals surface area contributed by atoms with Gasteiger partial charge in [0.15, 0.2) is 0 Å². The predicted molar refractivity (Wildman–Crippen MR) is 162 cm³/mol. The van der Waals surface area contributed by atoms with Crippen LogP contribution in [0.15, 0.2) is 12.2 Å². The van der Waals surface area contributed by atoms with Gasteiger partial charge in [-0.1, -0.05) is 55.0 Å². The number of hydrogen-bond donors (Lipinski definition) is 3. The van der Waals surface area contributed by atoms with Crippen molar-refractivity contribution in [3.05, 3.63) is 12.2 Å². The van der Waals surface area contributed by atoms with Gasteiger partial charge in [-0.25, -0.2) is 14.4 Å². The van der Waals surface area contributed by atoms with Gasteiger partial charge in [-0.15, -0.1) is 0 Å². The van der Waals surface area contributed by atoms with Crippen molar-refractivity contribution in [2.45, 2.75) is 106 Å². The van der Waals surface area contributed by atoms with Gasteiger partial charge in [0.1, 0.15) is 19.8 Å². The minimum atomic E-state index is -0.568. The summed E-state index contributed by atoms with van der Waals surface area (Å²) < 4.78 is 15.4. The van der Waals surface area contributed by atoms with Gasteiger partial charge in [-0.2, -0.15) is 0 Å². The smallest absolute Gasteiger partial charge is 0.407 e. The molecule has 2 fully saturated rings. The molecular weight excluding hydrogens is 538 g/mol. The highest BCUT2D eigenvalue weighted by molar-refractivity contribution is 5.86.